The number of piperazine rings is 1. The maximum Gasteiger partial charge on any atom is 0.317 e. The largest absolute Gasteiger partial charge is 0.480 e. The SMILES string of the molecule is C[C@@H]1CN(C(=O)c2cc3c(s2)CCOC32CCN(CC(=O)O)CC2)CCN1. The van der Waals surface area contributed by atoms with Crippen molar-refractivity contribution in [1.29, 1.82) is 0 Å². The van der Waals surface area contributed by atoms with E-state index in [0.29, 0.717) is 25.7 Å². The van der Waals surface area contributed by atoms with Gasteiger partial charge in [-0.2, -0.15) is 0 Å². The molecular formula is C19H27N3O4S. The molecule has 148 valence electrons. The predicted octanol–water partition coefficient (Wildman–Crippen LogP) is 1.13. The van der Waals surface area contributed by atoms with Crippen molar-refractivity contribution in [2.75, 3.05) is 45.9 Å². The molecule has 1 aromatic rings. The number of carboxylic acids is 1. The number of piperidine rings is 1. The summed E-state index contributed by atoms with van der Waals surface area (Å²) in [5, 5.41) is 12.4. The average Bonchev–Trinajstić information content (AvgIpc) is 3.09. The van der Waals surface area contributed by atoms with Crippen LogP contribution in [0.15, 0.2) is 6.07 Å². The number of carboxylic acid groups (broad SMARTS) is 1. The molecule has 0 saturated carbocycles. The molecule has 3 aliphatic rings. The van der Waals surface area contributed by atoms with Gasteiger partial charge in [0.2, 0.25) is 0 Å². The fraction of sp³-hybridized carbons (Fsp3) is 0.684. The smallest absolute Gasteiger partial charge is 0.317 e. The zero-order valence-electron chi connectivity index (χ0n) is 15.7. The van der Waals surface area contributed by atoms with Gasteiger partial charge < -0.3 is 20.1 Å². The zero-order chi connectivity index (χ0) is 19.0. The fourth-order valence-corrected chi connectivity index (χ4v) is 5.67. The van der Waals surface area contributed by atoms with Crippen molar-refractivity contribution in [2.24, 2.45) is 0 Å². The van der Waals surface area contributed by atoms with E-state index in [-0.39, 0.29) is 18.1 Å². The van der Waals surface area contributed by atoms with Crippen molar-refractivity contribution in [3.8, 4) is 0 Å². The van der Waals surface area contributed by atoms with Crippen molar-refractivity contribution < 1.29 is 19.4 Å². The van der Waals surface area contributed by atoms with Gasteiger partial charge in [0, 0.05) is 50.1 Å². The van der Waals surface area contributed by atoms with Crippen LogP contribution in [-0.4, -0.2) is 78.7 Å². The van der Waals surface area contributed by atoms with Crippen LogP contribution in [0.3, 0.4) is 0 Å². The number of hydrogen-bond acceptors (Lipinski definition) is 6. The Kier molecular flexibility index (Phi) is 5.24. The third-order valence-corrected chi connectivity index (χ3v) is 7.08. The van der Waals surface area contributed by atoms with Crippen LogP contribution in [-0.2, 0) is 21.6 Å². The summed E-state index contributed by atoms with van der Waals surface area (Å²) < 4.78 is 6.24. The summed E-state index contributed by atoms with van der Waals surface area (Å²) in [5.41, 5.74) is 0.814. The molecule has 8 heteroatoms. The summed E-state index contributed by atoms with van der Waals surface area (Å²) >= 11 is 1.62. The van der Waals surface area contributed by atoms with Gasteiger partial charge in [-0.3, -0.25) is 14.5 Å². The van der Waals surface area contributed by atoms with Gasteiger partial charge in [0.15, 0.2) is 0 Å². The van der Waals surface area contributed by atoms with Crippen LogP contribution in [0, 0.1) is 0 Å². The highest BCUT2D eigenvalue weighted by atomic mass is 32.1. The first-order chi connectivity index (χ1) is 13.0. The van der Waals surface area contributed by atoms with Crippen molar-refractivity contribution in [3.63, 3.8) is 0 Å². The molecule has 1 amide bonds. The summed E-state index contributed by atoms with van der Waals surface area (Å²) in [5.74, 6) is -0.661. The molecule has 1 aromatic heterocycles. The summed E-state index contributed by atoms with van der Waals surface area (Å²) in [6.45, 7) is 6.60. The topological polar surface area (TPSA) is 82.1 Å². The summed E-state index contributed by atoms with van der Waals surface area (Å²) in [7, 11) is 0. The number of hydrogen-bond donors (Lipinski definition) is 2. The first-order valence-corrected chi connectivity index (χ1v) is 10.5. The fourth-order valence-electron chi connectivity index (χ4n) is 4.47. The van der Waals surface area contributed by atoms with Crippen molar-refractivity contribution in [2.45, 2.75) is 37.8 Å². The second kappa shape index (κ2) is 7.50. The third kappa shape index (κ3) is 3.76. The zero-order valence-corrected chi connectivity index (χ0v) is 16.5. The number of carbonyl (C=O) groups is 2. The highest BCUT2D eigenvalue weighted by Gasteiger charge is 2.42. The van der Waals surface area contributed by atoms with Gasteiger partial charge in [0.1, 0.15) is 0 Å². The van der Waals surface area contributed by atoms with E-state index < -0.39 is 5.97 Å². The van der Waals surface area contributed by atoms with Gasteiger partial charge in [0.25, 0.3) is 5.91 Å². The molecule has 0 aromatic carbocycles. The molecule has 0 aliphatic carbocycles. The molecule has 27 heavy (non-hydrogen) atoms. The predicted molar refractivity (Wildman–Crippen MR) is 102 cm³/mol. The maximum absolute atomic E-state index is 13.0. The minimum absolute atomic E-state index is 0.0808. The van der Waals surface area contributed by atoms with Crippen LogP contribution in [0.2, 0.25) is 0 Å². The molecule has 1 spiro atoms. The van der Waals surface area contributed by atoms with Crippen LogP contribution >= 0.6 is 11.3 Å². The summed E-state index contributed by atoms with van der Waals surface area (Å²) in [6.07, 6.45) is 2.41. The number of likely N-dealkylation sites (tertiary alicyclic amines) is 1. The Bertz CT molecular complexity index is 727. The van der Waals surface area contributed by atoms with Gasteiger partial charge in [-0.15, -0.1) is 11.3 Å². The number of fused-ring (bicyclic) bond motifs is 2. The van der Waals surface area contributed by atoms with Crippen LogP contribution in [0.25, 0.3) is 0 Å². The van der Waals surface area contributed by atoms with E-state index in [2.05, 4.69) is 18.3 Å². The monoisotopic (exact) mass is 393 g/mol. The van der Waals surface area contributed by atoms with Crippen LogP contribution in [0.4, 0.5) is 0 Å². The Hall–Kier alpha value is -1.48. The maximum atomic E-state index is 13.0. The van der Waals surface area contributed by atoms with Gasteiger partial charge in [-0.05, 0) is 31.4 Å². The molecule has 3 aliphatic heterocycles. The lowest BCUT2D eigenvalue weighted by Crippen LogP contribution is -2.51. The highest BCUT2D eigenvalue weighted by Crippen LogP contribution is 2.44. The summed E-state index contributed by atoms with van der Waals surface area (Å²) in [4.78, 5) is 30.0. The standard InChI is InChI=1S/C19H27N3O4S/c1-13-11-22(8-5-20-13)18(25)16-10-14-15(27-16)2-9-26-19(14)3-6-21(7-4-19)12-17(23)24/h10,13,20H,2-9,11-12H2,1H3,(H,23,24)/t13-/m1/s1. The van der Waals surface area contributed by atoms with Gasteiger partial charge in [-0.25, -0.2) is 0 Å². The number of thiophene rings is 1. The Morgan fingerprint density at radius 3 is 2.85 bits per heavy atom. The second-order valence-electron chi connectivity index (χ2n) is 7.82. The Morgan fingerprint density at radius 1 is 1.37 bits per heavy atom. The lowest BCUT2D eigenvalue weighted by molar-refractivity contribution is -0.141. The van der Waals surface area contributed by atoms with Crippen molar-refractivity contribution in [3.05, 3.63) is 21.4 Å². The van der Waals surface area contributed by atoms with E-state index in [9.17, 15) is 9.59 Å². The minimum atomic E-state index is -0.787. The van der Waals surface area contributed by atoms with E-state index in [1.807, 2.05) is 9.80 Å². The van der Waals surface area contributed by atoms with Crippen molar-refractivity contribution >= 4 is 23.2 Å². The third-order valence-electron chi connectivity index (χ3n) is 5.90. The molecule has 0 unspecified atom stereocenters. The molecular weight excluding hydrogens is 366 g/mol. The molecule has 2 N–H and O–H groups in total. The Morgan fingerprint density at radius 2 is 2.15 bits per heavy atom. The van der Waals surface area contributed by atoms with Crippen molar-refractivity contribution in [1.82, 2.24) is 15.1 Å². The molecule has 7 nitrogen and oxygen atoms in total. The minimum Gasteiger partial charge on any atom is -0.480 e. The van der Waals surface area contributed by atoms with Crippen LogP contribution < -0.4 is 5.32 Å². The average molecular weight is 394 g/mol. The quantitative estimate of drug-likeness (QED) is 0.801. The molecule has 1 atom stereocenters. The lowest BCUT2D eigenvalue weighted by atomic mass is 9.82. The number of ether oxygens (including phenoxy) is 1. The van der Waals surface area contributed by atoms with Crippen LogP contribution in [0.5, 0.6) is 0 Å². The van der Waals surface area contributed by atoms with Gasteiger partial charge in [0.05, 0.1) is 23.6 Å². The lowest BCUT2D eigenvalue weighted by Gasteiger charge is -2.43. The molecule has 0 radical (unpaired) electrons. The molecule has 4 rings (SSSR count). The Labute approximate surface area is 163 Å². The van der Waals surface area contributed by atoms with E-state index in [0.717, 1.165) is 43.8 Å². The van der Waals surface area contributed by atoms with E-state index in [1.54, 1.807) is 11.3 Å². The first-order valence-electron chi connectivity index (χ1n) is 9.71. The number of amides is 1. The number of nitrogens with one attached hydrogen (secondary N) is 1. The molecule has 0 bridgehead atoms. The summed E-state index contributed by atoms with van der Waals surface area (Å²) in [6, 6.07) is 2.38. The normalized spacial score (nSPS) is 25.4. The molecule has 2 fully saturated rings. The second-order valence-corrected chi connectivity index (χ2v) is 8.95. The van der Waals surface area contributed by atoms with E-state index >= 15 is 0 Å². The van der Waals surface area contributed by atoms with Gasteiger partial charge >= 0.3 is 5.97 Å². The first kappa shape index (κ1) is 18.9. The Balaban J connectivity index is 1.52. The van der Waals surface area contributed by atoms with Gasteiger partial charge in [-0.1, -0.05) is 0 Å². The molecule has 4 heterocycles. The number of rotatable bonds is 3. The van der Waals surface area contributed by atoms with Crippen LogP contribution in [0.1, 0.15) is 39.9 Å². The molecule has 2 saturated heterocycles. The highest BCUT2D eigenvalue weighted by molar-refractivity contribution is 7.14. The van der Waals surface area contributed by atoms with E-state index in [4.69, 9.17) is 9.84 Å². The number of carbonyl (C=O) groups excluding carboxylic acids is 1. The number of nitrogens with zero attached hydrogens (tertiary/aromatic N) is 2. The van der Waals surface area contributed by atoms with E-state index in [1.165, 1.54) is 10.4 Å². The number of aliphatic carboxylic acids is 1.